The van der Waals surface area contributed by atoms with Gasteiger partial charge in [0.05, 0.1) is 13.0 Å². The van der Waals surface area contributed by atoms with Crippen LogP contribution in [0.2, 0.25) is 0 Å². The number of carbonyl (C=O) groups excluding carboxylic acids is 1. The number of hydrogen-bond acceptors (Lipinski definition) is 4. The molecule has 0 saturated heterocycles. The van der Waals surface area contributed by atoms with Crippen molar-refractivity contribution in [3.8, 4) is 5.75 Å². The van der Waals surface area contributed by atoms with Gasteiger partial charge in [0.2, 0.25) is 5.91 Å². The summed E-state index contributed by atoms with van der Waals surface area (Å²) in [5.41, 5.74) is 2.56. The zero-order chi connectivity index (χ0) is 16.9. The summed E-state index contributed by atoms with van der Waals surface area (Å²) >= 11 is 0. The summed E-state index contributed by atoms with van der Waals surface area (Å²) in [4.78, 5) is 14.0. The summed E-state index contributed by atoms with van der Waals surface area (Å²) in [6.07, 6.45) is 0.220. The molecule has 1 amide bonds. The van der Waals surface area contributed by atoms with E-state index in [1.807, 2.05) is 55.5 Å². The average Bonchev–Trinajstić information content (AvgIpc) is 3.00. The fraction of sp³-hybridized carbons (Fsp3) is 0.263. The minimum atomic E-state index is -0.0124. The number of aromatic nitrogens is 1. The number of ether oxygens (including phenoxy) is 1. The Bertz CT molecular complexity index is 824. The molecule has 0 bridgehead atoms. The van der Waals surface area contributed by atoms with E-state index in [9.17, 15) is 4.79 Å². The van der Waals surface area contributed by atoms with Crippen LogP contribution in [0.15, 0.2) is 53.1 Å². The van der Waals surface area contributed by atoms with E-state index < -0.39 is 0 Å². The molecule has 0 spiro atoms. The van der Waals surface area contributed by atoms with Gasteiger partial charge in [-0.1, -0.05) is 35.0 Å². The molecule has 0 atom stereocenters. The van der Waals surface area contributed by atoms with Gasteiger partial charge in [0, 0.05) is 12.4 Å². The predicted octanol–water partition coefficient (Wildman–Crippen LogP) is 3.22. The number of carbonyl (C=O) groups is 1. The van der Waals surface area contributed by atoms with Crippen molar-refractivity contribution < 1.29 is 14.1 Å². The van der Waals surface area contributed by atoms with Crippen molar-refractivity contribution in [2.24, 2.45) is 0 Å². The number of aryl methyl sites for hydroxylation is 1. The lowest BCUT2D eigenvalue weighted by molar-refractivity contribution is -0.129. The lowest BCUT2D eigenvalue weighted by Gasteiger charge is -2.17. The normalized spacial score (nSPS) is 10.8. The van der Waals surface area contributed by atoms with Gasteiger partial charge in [0.1, 0.15) is 18.1 Å². The molecule has 0 aliphatic heterocycles. The molecule has 5 heteroatoms. The predicted molar refractivity (Wildman–Crippen MR) is 92.0 cm³/mol. The van der Waals surface area contributed by atoms with Crippen LogP contribution in [0, 0.1) is 6.92 Å². The molecule has 3 rings (SSSR count). The number of nitrogens with zero attached hydrogens (tertiary/aromatic N) is 2. The second-order valence-electron chi connectivity index (χ2n) is 5.78. The van der Waals surface area contributed by atoms with E-state index in [4.69, 9.17) is 9.26 Å². The Balaban J connectivity index is 1.52. The number of fused-ring (bicyclic) bond motifs is 1. The maximum atomic E-state index is 12.3. The topological polar surface area (TPSA) is 55.6 Å². The molecule has 1 heterocycles. The van der Waals surface area contributed by atoms with E-state index in [0.29, 0.717) is 24.4 Å². The van der Waals surface area contributed by atoms with Crippen molar-refractivity contribution in [3.63, 3.8) is 0 Å². The highest BCUT2D eigenvalue weighted by Gasteiger charge is 2.15. The number of benzene rings is 2. The van der Waals surface area contributed by atoms with Crippen LogP contribution in [-0.2, 0) is 11.2 Å². The SMILES string of the molecule is Cc1ccc(OCCN(C)C(=O)Cc2noc3ccccc23)cc1. The lowest BCUT2D eigenvalue weighted by atomic mass is 10.1. The zero-order valence-corrected chi connectivity index (χ0v) is 13.9. The van der Waals surface area contributed by atoms with E-state index in [1.54, 1.807) is 11.9 Å². The third-order valence-electron chi connectivity index (χ3n) is 3.91. The standard InChI is InChI=1S/C19H20N2O3/c1-14-7-9-15(10-8-14)23-12-11-21(2)19(22)13-17-16-5-3-4-6-18(16)24-20-17/h3-10H,11-13H2,1-2H3. The molecule has 0 aliphatic rings. The molecular formula is C19H20N2O3. The molecule has 24 heavy (non-hydrogen) atoms. The van der Waals surface area contributed by atoms with Crippen LogP contribution in [-0.4, -0.2) is 36.2 Å². The molecule has 2 aromatic carbocycles. The smallest absolute Gasteiger partial charge is 0.228 e. The first-order chi connectivity index (χ1) is 11.6. The Morgan fingerprint density at radius 1 is 1.17 bits per heavy atom. The van der Waals surface area contributed by atoms with Gasteiger partial charge in [-0.2, -0.15) is 0 Å². The maximum absolute atomic E-state index is 12.3. The van der Waals surface area contributed by atoms with Gasteiger partial charge < -0.3 is 14.2 Å². The fourth-order valence-electron chi connectivity index (χ4n) is 2.40. The van der Waals surface area contributed by atoms with Gasteiger partial charge in [-0.25, -0.2) is 0 Å². The van der Waals surface area contributed by atoms with E-state index in [-0.39, 0.29) is 12.3 Å². The van der Waals surface area contributed by atoms with Gasteiger partial charge in [-0.3, -0.25) is 4.79 Å². The summed E-state index contributed by atoms with van der Waals surface area (Å²) in [5.74, 6) is 0.797. The van der Waals surface area contributed by atoms with Gasteiger partial charge in [-0.05, 0) is 31.2 Å². The van der Waals surface area contributed by atoms with E-state index in [1.165, 1.54) is 5.56 Å². The number of likely N-dealkylation sites (N-methyl/N-ethyl adjacent to an activating group) is 1. The van der Waals surface area contributed by atoms with Crippen LogP contribution in [0.25, 0.3) is 11.0 Å². The quantitative estimate of drug-likeness (QED) is 0.698. The molecule has 0 fully saturated rings. The Labute approximate surface area is 140 Å². The monoisotopic (exact) mass is 324 g/mol. The van der Waals surface area contributed by atoms with Crippen LogP contribution in [0.5, 0.6) is 5.75 Å². The lowest BCUT2D eigenvalue weighted by Crippen LogP contribution is -2.32. The minimum absolute atomic E-state index is 0.0124. The molecular weight excluding hydrogens is 304 g/mol. The number of rotatable bonds is 6. The molecule has 3 aromatic rings. The third kappa shape index (κ3) is 3.74. The highest BCUT2D eigenvalue weighted by molar-refractivity contribution is 5.86. The van der Waals surface area contributed by atoms with Crippen molar-refractivity contribution in [1.29, 1.82) is 0 Å². The number of para-hydroxylation sites is 1. The molecule has 124 valence electrons. The second kappa shape index (κ2) is 7.17. The summed E-state index contributed by atoms with van der Waals surface area (Å²) in [6.45, 7) is 3.00. The summed E-state index contributed by atoms with van der Waals surface area (Å²) in [6, 6.07) is 15.4. The first-order valence-corrected chi connectivity index (χ1v) is 7.90. The molecule has 0 saturated carbocycles. The first kappa shape index (κ1) is 16.1. The van der Waals surface area contributed by atoms with E-state index in [0.717, 1.165) is 11.1 Å². The third-order valence-corrected chi connectivity index (χ3v) is 3.91. The molecule has 5 nitrogen and oxygen atoms in total. The number of hydrogen-bond donors (Lipinski definition) is 0. The Hall–Kier alpha value is -2.82. The Kier molecular flexibility index (Phi) is 4.79. The highest BCUT2D eigenvalue weighted by Crippen LogP contribution is 2.18. The largest absolute Gasteiger partial charge is 0.492 e. The van der Waals surface area contributed by atoms with Gasteiger partial charge >= 0.3 is 0 Å². The van der Waals surface area contributed by atoms with Crippen LogP contribution in [0.1, 0.15) is 11.3 Å². The van der Waals surface area contributed by atoms with Crippen molar-refractivity contribution in [3.05, 3.63) is 59.8 Å². The van der Waals surface area contributed by atoms with Gasteiger partial charge in [0.15, 0.2) is 5.58 Å². The molecule has 0 radical (unpaired) electrons. The maximum Gasteiger partial charge on any atom is 0.228 e. The summed E-state index contributed by atoms with van der Waals surface area (Å²) in [5, 5.41) is 4.88. The van der Waals surface area contributed by atoms with Crippen LogP contribution < -0.4 is 4.74 Å². The van der Waals surface area contributed by atoms with Crippen LogP contribution in [0.3, 0.4) is 0 Å². The van der Waals surface area contributed by atoms with Gasteiger partial charge in [-0.15, -0.1) is 0 Å². The molecule has 0 aliphatic carbocycles. The Morgan fingerprint density at radius 2 is 1.92 bits per heavy atom. The highest BCUT2D eigenvalue weighted by atomic mass is 16.5. The molecule has 0 N–H and O–H groups in total. The Morgan fingerprint density at radius 3 is 2.71 bits per heavy atom. The van der Waals surface area contributed by atoms with E-state index in [2.05, 4.69) is 5.16 Å². The van der Waals surface area contributed by atoms with Crippen LogP contribution in [0.4, 0.5) is 0 Å². The molecule has 1 aromatic heterocycles. The van der Waals surface area contributed by atoms with Crippen molar-refractivity contribution >= 4 is 16.9 Å². The number of amides is 1. The van der Waals surface area contributed by atoms with Crippen molar-refractivity contribution in [1.82, 2.24) is 10.1 Å². The second-order valence-corrected chi connectivity index (χ2v) is 5.78. The first-order valence-electron chi connectivity index (χ1n) is 7.90. The summed E-state index contributed by atoms with van der Waals surface area (Å²) in [7, 11) is 1.77. The molecule has 0 unspecified atom stereocenters. The van der Waals surface area contributed by atoms with Crippen molar-refractivity contribution in [2.75, 3.05) is 20.2 Å². The zero-order valence-electron chi connectivity index (χ0n) is 13.9. The summed E-state index contributed by atoms with van der Waals surface area (Å²) < 4.78 is 10.9. The van der Waals surface area contributed by atoms with Gasteiger partial charge in [0.25, 0.3) is 0 Å². The van der Waals surface area contributed by atoms with Crippen LogP contribution >= 0.6 is 0 Å². The fourth-order valence-corrected chi connectivity index (χ4v) is 2.40. The van der Waals surface area contributed by atoms with E-state index >= 15 is 0 Å². The average molecular weight is 324 g/mol. The van der Waals surface area contributed by atoms with Crippen molar-refractivity contribution in [2.45, 2.75) is 13.3 Å². The minimum Gasteiger partial charge on any atom is -0.492 e.